The molecule has 5 rings (SSSR count). The van der Waals surface area contributed by atoms with Crippen molar-refractivity contribution in [3.63, 3.8) is 0 Å². The van der Waals surface area contributed by atoms with Crippen molar-refractivity contribution >= 4 is 45.6 Å². The van der Waals surface area contributed by atoms with Crippen molar-refractivity contribution in [3.05, 3.63) is 42.4 Å². The van der Waals surface area contributed by atoms with E-state index in [1.807, 2.05) is 30.5 Å². The van der Waals surface area contributed by atoms with Gasteiger partial charge < -0.3 is 31.0 Å². The van der Waals surface area contributed by atoms with Crippen LogP contribution >= 0.6 is 11.8 Å². The minimum Gasteiger partial charge on any atom is -0.387 e. The van der Waals surface area contributed by atoms with E-state index in [0.29, 0.717) is 18.1 Å². The topological polar surface area (TPSA) is 215 Å². The summed E-state index contributed by atoms with van der Waals surface area (Å²) in [4.78, 5) is 31.4. The zero-order valence-corrected chi connectivity index (χ0v) is 20.3. The zero-order valence-electron chi connectivity index (χ0n) is 19.5. The molecule has 1 aliphatic heterocycles. The number of ether oxygens (including phenoxy) is 1. The van der Waals surface area contributed by atoms with Gasteiger partial charge >= 0.3 is 0 Å². The van der Waals surface area contributed by atoms with Crippen LogP contribution in [0.3, 0.4) is 0 Å². The Labute approximate surface area is 213 Å². The number of hydrogen-bond acceptors (Lipinski definition) is 11. The predicted octanol–water partition coefficient (Wildman–Crippen LogP) is 0.510. The molecule has 0 saturated carbocycles. The van der Waals surface area contributed by atoms with Crippen LogP contribution in [0.5, 0.6) is 0 Å². The Morgan fingerprint density at radius 1 is 1.32 bits per heavy atom. The molecular formula is C22H25N10O4S+. The Morgan fingerprint density at radius 2 is 2.16 bits per heavy atom. The summed E-state index contributed by atoms with van der Waals surface area (Å²) in [5.74, 6) is -0.0441. The number of nitrogens with one attached hydrogen (secondary N) is 3. The van der Waals surface area contributed by atoms with Gasteiger partial charge in [0.25, 0.3) is 0 Å². The standard InChI is InChI=1S/C22H24N10O4S/c23-19-16-20(28-10-27-19)32(21-18(35)17(34)14(36-21)8-29-31-24)22(30-16)37-9-15(33)25-6-5-11-7-26-13-4-2-1-3-12(11)13/h1-4,7,10,14,17-18,21,24,26,34-35H,5-6,8-9H2,(H2-,23,25,27,28,33)/p+1/t14-,17-,18-,21-/m1/s1. The highest BCUT2D eigenvalue weighted by atomic mass is 32.2. The average Bonchev–Trinajstić information content (AvgIpc) is 3.56. The number of benzene rings is 1. The first-order chi connectivity index (χ1) is 18.0. The highest BCUT2D eigenvalue weighted by molar-refractivity contribution is 7.99. The Hall–Kier alpha value is -3.88. The lowest BCUT2D eigenvalue weighted by Gasteiger charge is -2.19. The van der Waals surface area contributed by atoms with E-state index in [9.17, 15) is 15.0 Å². The molecule has 14 nitrogen and oxygen atoms in total. The fraction of sp³-hybridized carbons (Fsp3) is 0.364. The second-order valence-electron chi connectivity index (χ2n) is 8.41. The predicted molar refractivity (Wildman–Crippen MR) is 134 cm³/mol. The van der Waals surface area contributed by atoms with Crippen LogP contribution in [0.4, 0.5) is 5.82 Å². The highest BCUT2D eigenvalue weighted by Gasteiger charge is 2.46. The Kier molecular flexibility index (Phi) is 7.12. The molecule has 0 bridgehead atoms. The second-order valence-corrected chi connectivity index (χ2v) is 9.36. The molecule has 4 atom stereocenters. The number of hydrogen-bond donors (Lipinski definition) is 6. The van der Waals surface area contributed by atoms with Gasteiger partial charge in [-0.2, -0.15) is 0 Å². The SMILES string of the molecule is N=[N+]=NC[C@H]1O[C@@H](n2c(SCC(=O)NCCc3c[nH]c4ccccc34)nc3c(N)ncnc32)[C@H](O)[C@@H]1O. The summed E-state index contributed by atoms with van der Waals surface area (Å²) in [6.45, 7) is 0.349. The van der Waals surface area contributed by atoms with Gasteiger partial charge in [-0.15, -0.1) is 0 Å². The number of anilines is 1. The van der Waals surface area contributed by atoms with E-state index in [1.54, 1.807) is 0 Å². The molecule has 7 N–H and O–H groups in total. The molecule has 0 radical (unpaired) electrons. The average molecular weight is 526 g/mol. The number of aromatic amines is 1. The summed E-state index contributed by atoms with van der Waals surface area (Å²) >= 11 is 1.11. The third kappa shape index (κ3) is 4.90. The number of para-hydroxylation sites is 1. The lowest BCUT2D eigenvalue weighted by molar-refractivity contribution is -0.118. The maximum Gasteiger partial charge on any atom is 0.230 e. The largest absolute Gasteiger partial charge is 0.387 e. The maximum absolute atomic E-state index is 12.6. The van der Waals surface area contributed by atoms with Crippen LogP contribution in [0, 0.1) is 5.53 Å². The van der Waals surface area contributed by atoms with Gasteiger partial charge in [-0.3, -0.25) is 9.36 Å². The number of nitrogens with two attached hydrogens (primary N) is 1. The van der Waals surface area contributed by atoms with Gasteiger partial charge in [0.2, 0.25) is 10.8 Å². The molecule has 4 aromatic rings. The molecule has 0 aliphatic carbocycles. The number of carbonyl (C=O) groups excluding carboxylic acids is 1. The number of amides is 1. The second kappa shape index (κ2) is 10.6. The third-order valence-corrected chi connectivity index (χ3v) is 7.07. The first kappa shape index (κ1) is 24.8. The Bertz CT molecular complexity index is 1480. The van der Waals surface area contributed by atoms with E-state index in [4.69, 9.17) is 16.0 Å². The van der Waals surface area contributed by atoms with Crippen LogP contribution < -0.4 is 16.0 Å². The van der Waals surface area contributed by atoms with Crippen molar-refractivity contribution in [3.8, 4) is 0 Å². The van der Waals surface area contributed by atoms with Crippen molar-refractivity contribution < 1.29 is 19.7 Å². The molecule has 3 aromatic heterocycles. The maximum atomic E-state index is 12.6. The number of imidazole rings is 1. The van der Waals surface area contributed by atoms with Crippen LogP contribution in [0.15, 0.2) is 47.1 Å². The fourth-order valence-electron chi connectivity index (χ4n) is 4.31. The molecule has 1 aromatic carbocycles. The van der Waals surface area contributed by atoms with Crippen molar-refractivity contribution in [2.75, 3.05) is 24.6 Å². The summed E-state index contributed by atoms with van der Waals surface area (Å²) in [7, 11) is 0. The van der Waals surface area contributed by atoms with Gasteiger partial charge in [0.1, 0.15) is 35.3 Å². The Balaban J connectivity index is 1.29. The number of nitrogens with zero attached hydrogens (tertiary/aromatic N) is 6. The van der Waals surface area contributed by atoms with E-state index < -0.39 is 24.5 Å². The molecule has 37 heavy (non-hydrogen) atoms. The van der Waals surface area contributed by atoms with E-state index in [1.165, 1.54) is 10.9 Å². The number of rotatable bonds is 9. The molecule has 0 unspecified atom stereocenters. The number of aromatic nitrogens is 5. The number of nitrogen functional groups attached to an aromatic ring is 1. The van der Waals surface area contributed by atoms with Gasteiger partial charge in [0, 0.05) is 23.6 Å². The van der Waals surface area contributed by atoms with E-state index in [2.05, 4.69) is 35.3 Å². The van der Waals surface area contributed by atoms with E-state index in [-0.39, 0.29) is 35.2 Å². The first-order valence-electron chi connectivity index (χ1n) is 11.5. The number of fused-ring (bicyclic) bond motifs is 2. The molecule has 1 aliphatic rings. The zero-order chi connectivity index (χ0) is 25.9. The highest BCUT2D eigenvalue weighted by Crippen LogP contribution is 2.36. The van der Waals surface area contributed by atoms with Gasteiger partial charge in [-0.25, -0.2) is 15.0 Å². The van der Waals surface area contributed by atoms with Gasteiger partial charge in [-0.05, 0) is 18.1 Å². The lowest BCUT2D eigenvalue weighted by atomic mass is 10.1. The molecule has 4 heterocycles. The summed E-state index contributed by atoms with van der Waals surface area (Å²) in [5.41, 5.74) is 15.5. The van der Waals surface area contributed by atoms with Crippen LogP contribution in [-0.2, 0) is 16.0 Å². The minimum atomic E-state index is -1.34. The van der Waals surface area contributed by atoms with Gasteiger partial charge in [-0.1, -0.05) is 30.0 Å². The quantitative estimate of drug-likeness (QED) is 0.102. The number of thioether (sulfide) groups is 1. The molecule has 15 heteroatoms. The lowest BCUT2D eigenvalue weighted by Crippen LogP contribution is -2.33. The fourth-order valence-corrected chi connectivity index (χ4v) is 5.16. The first-order valence-corrected chi connectivity index (χ1v) is 12.4. The third-order valence-electron chi connectivity index (χ3n) is 6.12. The van der Waals surface area contributed by atoms with Crippen molar-refractivity contribution in [2.45, 2.75) is 36.1 Å². The summed E-state index contributed by atoms with van der Waals surface area (Å²) < 4.78 is 7.33. The van der Waals surface area contributed by atoms with Crippen LogP contribution in [-0.4, -0.2) is 77.8 Å². The van der Waals surface area contributed by atoms with Crippen molar-refractivity contribution in [2.24, 2.45) is 5.11 Å². The van der Waals surface area contributed by atoms with E-state index in [0.717, 1.165) is 28.2 Å². The van der Waals surface area contributed by atoms with Crippen LogP contribution in [0.1, 0.15) is 11.8 Å². The molecule has 192 valence electrons. The van der Waals surface area contributed by atoms with Gasteiger partial charge in [0.15, 0.2) is 34.9 Å². The molecule has 1 saturated heterocycles. The van der Waals surface area contributed by atoms with Gasteiger partial charge in [0.05, 0.1) is 5.75 Å². The number of carbonyl (C=O) groups is 1. The summed E-state index contributed by atoms with van der Waals surface area (Å²) in [6.07, 6.45) is -0.724. The van der Waals surface area contributed by atoms with Crippen molar-refractivity contribution in [1.29, 1.82) is 5.53 Å². The smallest absolute Gasteiger partial charge is 0.230 e. The summed E-state index contributed by atoms with van der Waals surface area (Å²) in [6, 6.07) is 7.98. The molecule has 1 amide bonds. The minimum absolute atomic E-state index is 0.0341. The van der Waals surface area contributed by atoms with Crippen molar-refractivity contribution in [1.82, 2.24) is 34.7 Å². The number of aliphatic hydroxyl groups excluding tert-OH is 2. The summed E-state index contributed by atoms with van der Waals surface area (Å²) in [5, 5.41) is 29.0. The monoisotopic (exact) mass is 525 g/mol. The number of aliphatic hydroxyl groups is 2. The van der Waals surface area contributed by atoms with Crippen LogP contribution in [0.25, 0.3) is 22.1 Å². The normalized spacial score (nSPS) is 21.4. The molecular weight excluding hydrogens is 500 g/mol. The molecule has 0 spiro atoms. The van der Waals surface area contributed by atoms with E-state index >= 15 is 0 Å². The molecule has 1 fully saturated rings. The van der Waals surface area contributed by atoms with Crippen LogP contribution in [0.2, 0.25) is 0 Å². The Morgan fingerprint density at radius 3 is 3.00 bits per heavy atom. The number of H-pyrrole nitrogens is 1.